The van der Waals surface area contributed by atoms with Crippen molar-refractivity contribution in [2.45, 2.75) is 6.18 Å². The Kier molecular flexibility index (Phi) is 4.21. The fourth-order valence-corrected chi connectivity index (χ4v) is 2.42. The van der Waals surface area contributed by atoms with Crippen LogP contribution in [0.25, 0.3) is 0 Å². The zero-order valence-electron chi connectivity index (χ0n) is 12.0. The summed E-state index contributed by atoms with van der Waals surface area (Å²) < 4.78 is 38.3. The molecule has 0 amide bonds. The number of benzene rings is 1. The SMILES string of the molecule is Nc1c(Nc2cccc(C(F)(F)F)c2)ncnc1Nc1nccs1. The van der Waals surface area contributed by atoms with Gasteiger partial charge in [-0.1, -0.05) is 6.07 Å². The summed E-state index contributed by atoms with van der Waals surface area (Å²) in [6.07, 6.45) is -1.55. The van der Waals surface area contributed by atoms with E-state index >= 15 is 0 Å². The molecule has 0 radical (unpaired) electrons. The fourth-order valence-electron chi connectivity index (χ4n) is 1.89. The van der Waals surface area contributed by atoms with E-state index in [9.17, 15) is 13.2 Å². The van der Waals surface area contributed by atoms with Gasteiger partial charge < -0.3 is 16.4 Å². The average molecular weight is 352 g/mol. The molecule has 0 saturated heterocycles. The van der Waals surface area contributed by atoms with Gasteiger partial charge in [0.05, 0.1) is 5.56 Å². The summed E-state index contributed by atoms with van der Waals surface area (Å²) in [5, 5.41) is 8.06. The summed E-state index contributed by atoms with van der Waals surface area (Å²) in [5.74, 6) is 0.512. The molecule has 24 heavy (non-hydrogen) atoms. The molecule has 124 valence electrons. The molecule has 2 aromatic heterocycles. The minimum absolute atomic E-state index is 0.171. The zero-order chi connectivity index (χ0) is 17.2. The van der Waals surface area contributed by atoms with E-state index in [0.29, 0.717) is 10.9 Å². The molecule has 3 rings (SSSR count). The number of rotatable bonds is 4. The molecule has 1 aromatic carbocycles. The summed E-state index contributed by atoms with van der Waals surface area (Å²) in [7, 11) is 0. The van der Waals surface area contributed by atoms with Crippen molar-refractivity contribution in [1.82, 2.24) is 15.0 Å². The Bertz CT molecular complexity index is 835. The maximum Gasteiger partial charge on any atom is 0.416 e. The van der Waals surface area contributed by atoms with Crippen molar-refractivity contribution in [1.29, 1.82) is 0 Å². The third kappa shape index (κ3) is 3.54. The normalized spacial score (nSPS) is 11.3. The van der Waals surface area contributed by atoms with E-state index in [4.69, 9.17) is 5.73 Å². The van der Waals surface area contributed by atoms with Gasteiger partial charge in [-0.2, -0.15) is 13.2 Å². The van der Waals surface area contributed by atoms with Crippen molar-refractivity contribution in [2.75, 3.05) is 16.4 Å². The van der Waals surface area contributed by atoms with Gasteiger partial charge in [0, 0.05) is 17.3 Å². The summed E-state index contributed by atoms with van der Waals surface area (Å²) in [6, 6.07) is 4.77. The third-order valence-corrected chi connectivity index (χ3v) is 3.68. The zero-order valence-corrected chi connectivity index (χ0v) is 12.8. The van der Waals surface area contributed by atoms with Gasteiger partial charge in [-0.05, 0) is 18.2 Å². The van der Waals surface area contributed by atoms with Gasteiger partial charge in [0.15, 0.2) is 16.8 Å². The highest BCUT2D eigenvalue weighted by Gasteiger charge is 2.30. The Hall–Kier alpha value is -2.88. The molecule has 6 nitrogen and oxygen atoms in total. The van der Waals surface area contributed by atoms with E-state index in [1.807, 2.05) is 0 Å². The molecule has 0 aliphatic rings. The van der Waals surface area contributed by atoms with Crippen LogP contribution in [-0.2, 0) is 6.18 Å². The Labute approximate surface area is 138 Å². The first-order valence-corrected chi connectivity index (χ1v) is 7.53. The monoisotopic (exact) mass is 352 g/mol. The number of hydrogen-bond donors (Lipinski definition) is 3. The number of nitrogens with one attached hydrogen (secondary N) is 2. The highest BCUT2D eigenvalue weighted by molar-refractivity contribution is 7.13. The lowest BCUT2D eigenvalue weighted by molar-refractivity contribution is -0.137. The molecule has 0 saturated carbocycles. The second-order valence-electron chi connectivity index (χ2n) is 4.65. The van der Waals surface area contributed by atoms with Crippen LogP contribution in [0.3, 0.4) is 0 Å². The lowest BCUT2D eigenvalue weighted by Crippen LogP contribution is -2.07. The van der Waals surface area contributed by atoms with Crippen molar-refractivity contribution >= 4 is 39.5 Å². The van der Waals surface area contributed by atoms with Crippen molar-refractivity contribution in [3.05, 3.63) is 47.7 Å². The smallest absolute Gasteiger partial charge is 0.393 e. The number of nitrogens with two attached hydrogens (primary N) is 1. The third-order valence-electron chi connectivity index (χ3n) is 2.99. The molecular formula is C14H11F3N6S. The number of hydrogen-bond acceptors (Lipinski definition) is 7. The topological polar surface area (TPSA) is 88.8 Å². The Balaban J connectivity index is 1.86. The first-order valence-electron chi connectivity index (χ1n) is 6.65. The van der Waals surface area contributed by atoms with Gasteiger partial charge in [-0.15, -0.1) is 11.3 Å². The number of alkyl halides is 3. The average Bonchev–Trinajstić information content (AvgIpc) is 3.04. The van der Waals surface area contributed by atoms with Crippen LogP contribution >= 0.6 is 11.3 Å². The quantitative estimate of drug-likeness (QED) is 0.657. The first kappa shape index (κ1) is 16.0. The predicted octanol–water partition coefficient (Wildman–Crippen LogP) is 4.02. The number of thiazole rings is 1. The molecule has 0 aliphatic carbocycles. The molecule has 10 heteroatoms. The highest BCUT2D eigenvalue weighted by Crippen LogP contribution is 2.33. The van der Waals surface area contributed by atoms with Crippen LogP contribution in [0.1, 0.15) is 5.56 Å². The molecule has 3 aromatic rings. The van der Waals surface area contributed by atoms with Crippen LogP contribution in [0.5, 0.6) is 0 Å². The maximum absolute atomic E-state index is 12.8. The lowest BCUT2D eigenvalue weighted by Gasteiger charge is -2.13. The standard InChI is InChI=1S/C14H11F3N6S/c15-14(16,17)8-2-1-3-9(6-8)22-11-10(18)12(21-7-20-11)23-13-19-4-5-24-13/h1-7H,18H2,(H2,19,20,21,22,23). The van der Waals surface area contributed by atoms with Crippen LogP contribution in [0, 0.1) is 0 Å². The lowest BCUT2D eigenvalue weighted by atomic mass is 10.2. The van der Waals surface area contributed by atoms with E-state index in [2.05, 4.69) is 25.6 Å². The summed E-state index contributed by atoms with van der Waals surface area (Å²) in [6.45, 7) is 0. The maximum atomic E-state index is 12.8. The van der Waals surface area contributed by atoms with E-state index in [1.165, 1.54) is 29.8 Å². The molecule has 0 spiro atoms. The van der Waals surface area contributed by atoms with E-state index in [-0.39, 0.29) is 17.2 Å². The van der Waals surface area contributed by atoms with Crippen molar-refractivity contribution < 1.29 is 13.2 Å². The Morgan fingerprint density at radius 1 is 1.04 bits per heavy atom. The Morgan fingerprint density at radius 2 is 1.79 bits per heavy atom. The number of anilines is 5. The number of nitrogen functional groups attached to an aromatic ring is 1. The molecule has 0 aliphatic heterocycles. The molecule has 2 heterocycles. The number of nitrogens with zero attached hydrogens (tertiary/aromatic N) is 3. The van der Waals surface area contributed by atoms with Crippen LogP contribution in [0.15, 0.2) is 42.2 Å². The van der Waals surface area contributed by atoms with E-state index < -0.39 is 11.7 Å². The Morgan fingerprint density at radius 3 is 2.46 bits per heavy atom. The molecular weight excluding hydrogens is 341 g/mol. The van der Waals surface area contributed by atoms with E-state index in [0.717, 1.165) is 12.1 Å². The molecule has 0 fully saturated rings. The number of aromatic nitrogens is 3. The van der Waals surface area contributed by atoms with Gasteiger partial charge in [0.25, 0.3) is 0 Å². The molecule has 0 atom stereocenters. The summed E-state index contributed by atoms with van der Waals surface area (Å²) in [5.41, 5.74) is 5.60. The number of halogens is 3. The van der Waals surface area contributed by atoms with Gasteiger partial charge in [0.2, 0.25) is 0 Å². The predicted molar refractivity (Wildman–Crippen MR) is 86.6 cm³/mol. The summed E-state index contributed by atoms with van der Waals surface area (Å²) in [4.78, 5) is 12.0. The van der Waals surface area contributed by atoms with Crippen LogP contribution in [0.2, 0.25) is 0 Å². The first-order chi connectivity index (χ1) is 11.4. The van der Waals surface area contributed by atoms with Crippen LogP contribution < -0.4 is 16.4 Å². The molecule has 0 unspecified atom stereocenters. The van der Waals surface area contributed by atoms with Gasteiger partial charge in [-0.3, -0.25) is 0 Å². The van der Waals surface area contributed by atoms with Crippen LogP contribution in [-0.4, -0.2) is 15.0 Å². The summed E-state index contributed by atoms with van der Waals surface area (Å²) >= 11 is 1.36. The largest absolute Gasteiger partial charge is 0.416 e. The highest BCUT2D eigenvalue weighted by atomic mass is 32.1. The molecule has 0 bridgehead atoms. The van der Waals surface area contributed by atoms with Crippen LogP contribution in [0.4, 0.5) is 41.3 Å². The second kappa shape index (κ2) is 6.32. The minimum Gasteiger partial charge on any atom is -0.393 e. The minimum atomic E-state index is -4.42. The fraction of sp³-hybridized carbons (Fsp3) is 0.0714. The van der Waals surface area contributed by atoms with Crippen molar-refractivity contribution in [3.8, 4) is 0 Å². The van der Waals surface area contributed by atoms with E-state index in [1.54, 1.807) is 11.6 Å². The second-order valence-corrected chi connectivity index (χ2v) is 5.54. The van der Waals surface area contributed by atoms with Crippen molar-refractivity contribution in [2.24, 2.45) is 0 Å². The van der Waals surface area contributed by atoms with Crippen molar-refractivity contribution in [3.63, 3.8) is 0 Å². The molecule has 4 N–H and O–H groups in total. The van der Waals surface area contributed by atoms with Gasteiger partial charge >= 0.3 is 6.18 Å². The van der Waals surface area contributed by atoms with Gasteiger partial charge in [0.1, 0.15) is 12.0 Å². The van der Waals surface area contributed by atoms with Gasteiger partial charge in [-0.25, -0.2) is 15.0 Å².